The van der Waals surface area contributed by atoms with E-state index >= 15 is 0 Å². The van der Waals surface area contributed by atoms with E-state index in [0.717, 1.165) is 44.2 Å². The lowest BCUT2D eigenvalue weighted by atomic mass is 9.72. The Bertz CT molecular complexity index is 741. The van der Waals surface area contributed by atoms with Crippen molar-refractivity contribution in [3.63, 3.8) is 0 Å². The normalized spacial score (nSPS) is 28.6. The number of carbonyl (C=O) groups excluding carboxylic acids is 1. The van der Waals surface area contributed by atoms with Crippen molar-refractivity contribution in [2.75, 3.05) is 0 Å². The van der Waals surface area contributed by atoms with Gasteiger partial charge in [0.2, 0.25) is 0 Å². The fourth-order valence-electron chi connectivity index (χ4n) is 4.22. The van der Waals surface area contributed by atoms with Crippen molar-refractivity contribution in [3.8, 4) is 0 Å². The summed E-state index contributed by atoms with van der Waals surface area (Å²) in [6.07, 6.45) is 15.3. The molecule has 1 aromatic heterocycles. The first-order chi connectivity index (χ1) is 11.9. The SMILES string of the molecule is CC(=N)N=C/C=C/C12CCCC(NC(=O)c3cncc(C)n3)(CC1)C2. The van der Waals surface area contributed by atoms with E-state index in [4.69, 9.17) is 5.41 Å². The molecule has 25 heavy (non-hydrogen) atoms. The highest BCUT2D eigenvalue weighted by atomic mass is 16.2. The number of allylic oxidation sites excluding steroid dienone is 2. The molecular formula is C19H25N5O. The fourth-order valence-corrected chi connectivity index (χ4v) is 4.22. The third-order valence-corrected chi connectivity index (χ3v) is 5.29. The number of hydrogen-bond donors (Lipinski definition) is 2. The lowest BCUT2D eigenvalue weighted by Crippen LogP contribution is -2.49. The van der Waals surface area contributed by atoms with E-state index < -0.39 is 0 Å². The van der Waals surface area contributed by atoms with Crippen LogP contribution in [0, 0.1) is 17.7 Å². The molecule has 2 aliphatic carbocycles. The molecule has 2 bridgehead atoms. The average molecular weight is 339 g/mol. The number of aromatic nitrogens is 2. The molecule has 0 aromatic carbocycles. The Labute approximate surface area is 148 Å². The van der Waals surface area contributed by atoms with Gasteiger partial charge in [0.15, 0.2) is 0 Å². The van der Waals surface area contributed by atoms with Crippen LogP contribution < -0.4 is 5.32 Å². The molecule has 1 amide bonds. The van der Waals surface area contributed by atoms with Gasteiger partial charge >= 0.3 is 0 Å². The zero-order valence-corrected chi connectivity index (χ0v) is 14.9. The maximum atomic E-state index is 12.6. The first kappa shape index (κ1) is 17.5. The predicted molar refractivity (Wildman–Crippen MR) is 98.1 cm³/mol. The molecule has 6 heteroatoms. The number of aryl methyl sites for hydroxylation is 1. The Morgan fingerprint density at radius 1 is 1.32 bits per heavy atom. The third-order valence-electron chi connectivity index (χ3n) is 5.29. The standard InChI is InChI=1S/C19H25N5O/c1-14-11-21-12-16(23-14)17(25)24-19-7-3-5-18(13-19,8-9-19)6-4-10-22-15(2)20/h4,6,10-12,20H,3,5,7-9,13H2,1-2H3,(H,24,25)/b6-4+,20-15?,22-10?. The number of amides is 1. The molecule has 1 heterocycles. The summed E-state index contributed by atoms with van der Waals surface area (Å²) in [5.74, 6) is 0.178. The quantitative estimate of drug-likeness (QED) is 0.651. The molecule has 2 aliphatic rings. The molecule has 2 unspecified atom stereocenters. The average Bonchev–Trinajstić information content (AvgIpc) is 2.82. The minimum Gasteiger partial charge on any atom is -0.345 e. The van der Waals surface area contributed by atoms with Crippen LogP contribution in [0.4, 0.5) is 0 Å². The van der Waals surface area contributed by atoms with Crippen molar-refractivity contribution in [3.05, 3.63) is 35.9 Å². The summed E-state index contributed by atoms with van der Waals surface area (Å²) in [4.78, 5) is 25.0. The van der Waals surface area contributed by atoms with Crippen molar-refractivity contribution >= 4 is 18.0 Å². The van der Waals surface area contributed by atoms with Crippen LogP contribution in [0.5, 0.6) is 0 Å². The smallest absolute Gasteiger partial charge is 0.271 e. The van der Waals surface area contributed by atoms with Gasteiger partial charge in [0.25, 0.3) is 5.91 Å². The van der Waals surface area contributed by atoms with Crippen molar-refractivity contribution in [2.45, 2.75) is 57.9 Å². The predicted octanol–water partition coefficient (Wildman–Crippen LogP) is 3.23. The molecule has 132 valence electrons. The monoisotopic (exact) mass is 339 g/mol. The number of aliphatic imine (C=N–C) groups is 1. The van der Waals surface area contributed by atoms with E-state index in [0.29, 0.717) is 11.5 Å². The van der Waals surface area contributed by atoms with Gasteiger partial charge in [-0.3, -0.25) is 15.2 Å². The second kappa shape index (κ2) is 6.86. The summed E-state index contributed by atoms with van der Waals surface area (Å²) >= 11 is 0. The molecule has 1 aromatic rings. The molecule has 6 nitrogen and oxygen atoms in total. The molecule has 0 radical (unpaired) electrons. The lowest BCUT2D eigenvalue weighted by Gasteiger charge is -2.38. The van der Waals surface area contributed by atoms with Crippen LogP contribution in [-0.4, -0.2) is 33.5 Å². The van der Waals surface area contributed by atoms with E-state index in [1.165, 1.54) is 6.20 Å². The van der Waals surface area contributed by atoms with Crippen molar-refractivity contribution in [1.82, 2.24) is 15.3 Å². The Morgan fingerprint density at radius 2 is 2.16 bits per heavy atom. The summed E-state index contributed by atoms with van der Waals surface area (Å²) in [6, 6.07) is 0. The van der Waals surface area contributed by atoms with Gasteiger partial charge in [0.05, 0.1) is 11.9 Å². The zero-order chi connectivity index (χ0) is 17.9. The van der Waals surface area contributed by atoms with Gasteiger partial charge in [-0.15, -0.1) is 0 Å². The highest BCUT2D eigenvalue weighted by Crippen LogP contribution is 2.54. The van der Waals surface area contributed by atoms with E-state index in [1.807, 2.05) is 13.0 Å². The van der Waals surface area contributed by atoms with E-state index in [-0.39, 0.29) is 16.9 Å². The largest absolute Gasteiger partial charge is 0.345 e. The van der Waals surface area contributed by atoms with Gasteiger partial charge < -0.3 is 5.32 Å². The van der Waals surface area contributed by atoms with Crippen LogP contribution in [-0.2, 0) is 0 Å². The zero-order valence-electron chi connectivity index (χ0n) is 14.9. The Hall–Kier alpha value is -2.37. The summed E-state index contributed by atoms with van der Waals surface area (Å²) in [6.45, 7) is 3.50. The maximum absolute atomic E-state index is 12.6. The molecule has 0 saturated heterocycles. The maximum Gasteiger partial charge on any atom is 0.271 e. The number of fused-ring (bicyclic) bond motifs is 2. The number of nitrogens with one attached hydrogen (secondary N) is 2. The Kier molecular flexibility index (Phi) is 4.79. The van der Waals surface area contributed by atoms with Crippen molar-refractivity contribution in [2.24, 2.45) is 10.4 Å². The van der Waals surface area contributed by atoms with Gasteiger partial charge in [-0.05, 0) is 57.4 Å². The topological polar surface area (TPSA) is 91.1 Å². The minimum atomic E-state index is -0.139. The fraction of sp³-hybridized carbons (Fsp3) is 0.526. The van der Waals surface area contributed by atoms with Crippen molar-refractivity contribution in [1.29, 1.82) is 5.41 Å². The van der Waals surface area contributed by atoms with Crippen molar-refractivity contribution < 1.29 is 4.79 Å². The van der Waals surface area contributed by atoms with Crippen LogP contribution in [0.1, 0.15) is 61.6 Å². The van der Waals surface area contributed by atoms with E-state index in [1.54, 1.807) is 19.3 Å². The van der Waals surface area contributed by atoms with Gasteiger partial charge in [-0.25, -0.2) is 9.98 Å². The van der Waals surface area contributed by atoms with Gasteiger partial charge in [-0.2, -0.15) is 0 Å². The Balaban J connectivity index is 1.71. The van der Waals surface area contributed by atoms with Crippen LogP contribution in [0.15, 0.2) is 29.5 Å². The number of amidine groups is 1. The highest BCUT2D eigenvalue weighted by molar-refractivity contribution is 5.92. The van der Waals surface area contributed by atoms with Crippen LogP contribution in [0.25, 0.3) is 0 Å². The first-order valence-electron chi connectivity index (χ1n) is 8.80. The molecule has 0 spiro atoms. The van der Waals surface area contributed by atoms with Gasteiger partial charge in [-0.1, -0.05) is 12.5 Å². The van der Waals surface area contributed by atoms with Gasteiger partial charge in [0, 0.05) is 18.0 Å². The molecule has 0 aliphatic heterocycles. The molecular weight excluding hydrogens is 314 g/mol. The summed E-state index contributed by atoms with van der Waals surface area (Å²) < 4.78 is 0. The minimum absolute atomic E-state index is 0.126. The van der Waals surface area contributed by atoms with Crippen LogP contribution in [0.3, 0.4) is 0 Å². The van der Waals surface area contributed by atoms with Gasteiger partial charge in [0.1, 0.15) is 11.5 Å². The molecule has 2 saturated carbocycles. The summed E-state index contributed by atoms with van der Waals surface area (Å²) in [7, 11) is 0. The molecule has 2 fully saturated rings. The third kappa shape index (κ3) is 4.00. The first-order valence-corrected chi connectivity index (χ1v) is 8.80. The summed E-state index contributed by atoms with van der Waals surface area (Å²) in [5, 5.41) is 10.6. The number of nitrogens with zero attached hydrogens (tertiary/aromatic N) is 3. The molecule has 3 rings (SSSR count). The lowest BCUT2D eigenvalue weighted by molar-refractivity contribution is 0.0864. The second-order valence-corrected chi connectivity index (χ2v) is 7.40. The van der Waals surface area contributed by atoms with E-state index in [2.05, 4.69) is 26.4 Å². The van der Waals surface area contributed by atoms with Crippen LogP contribution in [0.2, 0.25) is 0 Å². The second-order valence-electron chi connectivity index (χ2n) is 7.40. The molecule has 2 N–H and O–H groups in total. The Morgan fingerprint density at radius 3 is 2.92 bits per heavy atom. The summed E-state index contributed by atoms with van der Waals surface area (Å²) in [5.41, 5.74) is 1.13. The highest BCUT2D eigenvalue weighted by Gasteiger charge is 2.50. The van der Waals surface area contributed by atoms with Crippen LogP contribution >= 0.6 is 0 Å². The number of carbonyl (C=O) groups is 1. The molecule has 2 atom stereocenters. The van der Waals surface area contributed by atoms with E-state index in [9.17, 15) is 4.79 Å². The number of rotatable bonds is 4. The number of hydrogen-bond acceptors (Lipinski definition) is 4.